The highest BCUT2D eigenvalue weighted by Gasteiger charge is 2.40. The third kappa shape index (κ3) is 5.61. The Morgan fingerprint density at radius 3 is 2.33 bits per heavy atom. The van der Waals surface area contributed by atoms with Crippen molar-refractivity contribution in [3.8, 4) is 0 Å². The third-order valence-corrected chi connectivity index (χ3v) is 3.71. The van der Waals surface area contributed by atoms with Gasteiger partial charge in [0.15, 0.2) is 0 Å². The summed E-state index contributed by atoms with van der Waals surface area (Å²) in [5.41, 5.74) is -0.982. The van der Waals surface area contributed by atoms with Crippen LogP contribution in [0.3, 0.4) is 0 Å². The minimum absolute atomic E-state index is 0.365. The average Bonchev–Trinajstić information content (AvgIpc) is 2.45. The van der Waals surface area contributed by atoms with E-state index in [0.717, 1.165) is 32.1 Å². The predicted molar refractivity (Wildman–Crippen MR) is 77.9 cm³/mol. The Morgan fingerprint density at radius 1 is 1.10 bits per heavy atom. The topological polar surface area (TPSA) is 108 Å². The van der Waals surface area contributed by atoms with Crippen LogP contribution in [0.15, 0.2) is 0 Å². The zero-order valence-corrected chi connectivity index (χ0v) is 12.5. The van der Waals surface area contributed by atoms with E-state index in [1.54, 1.807) is 0 Å². The van der Waals surface area contributed by atoms with E-state index in [9.17, 15) is 14.4 Å². The molecule has 7 nitrogen and oxygen atoms in total. The molecule has 0 saturated heterocycles. The molecule has 1 aliphatic rings. The molecule has 120 valence electrons. The number of nitrogens with one attached hydrogen (secondary N) is 3. The summed E-state index contributed by atoms with van der Waals surface area (Å²) in [4.78, 5) is 34.8. The number of urea groups is 1. The monoisotopic (exact) mass is 299 g/mol. The SMILES string of the molecule is CCCCNC(=O)NC1(C(=O)NCC(=O)O)CCCCC1. The summed E-state index contributed by atoms with van der Waals surface area (Å²) in [6, 6.07) is -0.365. The normalized spacial score (nSPS) is 16.8. The number of carboxylic acids is 1. The minimum Gasteiger partial charge on any atom is -0.480 e. The van der Waals surface area contributed by atoms with Crippen LogP contribution in [0.25, 0.3) is 0 Å². The van der Waals surface area contributed by atoms with Crippen molar-refractivity contribution in [3.63, 3.8) is 0 Å². The Bertz CT molecular complexity index is 378. The molecule has 1 rings (SSSR count). The number of unbranched alkanes of at least 4 members (excludes halogenated alkanes) is 1. The van der Waals surface area contributed by atoms with Gasteiger partial charge in [-0.15, -0.1) is 0 Å². The van der Waals surface area contributed by atoms with Gasteiger partial charge in [-0.05, 0) is 19.3 Å². The van der Waals surface area contributed by atoms with E-state index in [2.05, 4.69) is 16.0 Å². The Morgan fingerprint density at radius 2 is 1.76 bits per heavy atom. The van der Waals surface area contributed by atoms with Gasteiger partial charge in [0.2, 0.25) is 5.91 Å². The van der Waals surface area contributed by atoms with Gasteiger partial charge in [-0.25, -0.2) is 4.79 Å². The van der Waals surface area contributed by atoms with E-state index >= 15 is 0 Å². The standard InChI is InChI=1S/C14H25N3O4/c1-2-3-9-15-13(21)17-14(7-5-4-6-8-14)12(20)16-10-11(18)19/h2-10H2,1H3,(H,16,20)(H,18,19)(H2,15,17,21). The van der Waals surface area contributed by atoms with Crippen molar-refractivity contribution in [2.24, 2.45) is 0 Å². The maximum atomic E-state index is 12.3. The zero-order chi connectivity index (χ0) is 15.7. The van der Waals surface area contributed by atoms with Crippen LogP contribution in [0.2, 0.25) is 0 Å². The molecule has 0 aromatic heterocycles. The smallest absolute Gasteiger partial charge is 0.322 e. The summed E-state index contributed by atoms with van der Waals surface area (Å²) in [6.45, 7) is 2.16. The van der Waals surface area contributed by atoms with Gasteiger partial charge in [-0.3, -0.25) is 9.59 Å². The molecule has 0 aromatic carbocycles. The highest BCUT2D eigenvalue weighted by atomic mass is 16.4. The molecule has 0 unspecified atom stereocenters. The van der Waals surface area contributed by atoms with Crippen LogP contribution in [0.4, 0.5) is 4.79 Å². The summed E-state index contributed by atoms with van der Waals surface area (Å²) in [6.07, 6.45) is 5.65. The van der Waals surface area contributed by atoms with Crippen molar-refractivity contribution in [1.29, 1.82) is 0 Å². The lowest BCUT2D eigenvalue weighted by Gasteiger charge is -2.36. The van der Waals surface area contributed by atoms with E-state index in [1.807, 2.05) is 6.92 Å². The van der Waals surface area contributed by atoms with Gasteiger partial charge in [0.05, 0.1) is 0 Å². The van der Waals surface area contributed by atoms with Crippen molar-refractivity contribution in [2.45, 2.75) is 57.4 Å². The average molecular weight is 299 g/mol. The van der Waals surface area contributed by atoms with E-state index < -0.39 is 24.0 Å². The first-order valence-corrected chi connectivity index (χ1v) is 7.56. The van der Waals surface area contributed by atoms with Gasteiger partial charge >= 0.3 is 12.0 Å². The fourth-order valence-corrected chi connectivity index (χ4v) is 2.53. The van der Waals surface area contributed by atoms with E-state index in [4.69, 9.17) is 5.11 Å². The highest BCUT2D eigenvalue weighted by Crippen LogP contribution is 2.28. The van der Waals surface area contributed by atoms with Crippen molar-refractivity contribution in [3.05, 3.63) is 0 Å². The zero-order valence-electron chi connectivity index (χ0n) is 12.5. The fourth-order valence-electron chi connectivity index (χ4n) is 2.53. The molecule has 0 aliphatic heterocycles. The Kier molecular flexibility index (Phi) is 6.98. The van der Waals surface area contributed by atoms with Gasteiger partial charge in [-0.2, -0.15) is 0 Å². The van der Waals surface area contributed by atoms with Crippen molar-refractivity contribution >= 4 is 17.9 Å². The van der Waals surface area contributed by atoms with Gasteiger partial charge in [0.25, 0.3) is 0 Å². The Labute approximate surface area is 124 Å². The molecule has 0 heterocycles. The summed E-state index contributed by atoms with van der Waals surface area (Å²) >= 11 is 0. The number of carboxylic acid groups (broad SMARTS) is 1. The number of carbonyl (C=O) groups is 3. The number of carbonyl (C=O) groups excluding carboxylic acids is 2. The van der Waals surface area contributed by atoms with Crippen molar-refractivity contribution < 1.29 is 19.5 Å². The van der Waals surface area contributed by atoms with Crippen molar-refractivity contribution in [2.75, 3.05) is 13.1 Å². The summed E-state index contributed by atoms with van der Waals surface area (Å²) in [5.74, 6) is -1.50. The number of hydrogen-bond acceptors (Lipinski definition) is 3. The molecule has 0 spiro atoms. The molecule has 21 heavy (non-hydrogen) atoms. The van der Waals surface area contributed by atoms with Crippen LogP contribution in [0.5, 0.6) is 0 Å². The van der Waals surface area contributed by atoms with E-state index in [0.29, 0.717) is 19.4 Å². The second kappa shape index (κ2) is 8.49. The number of aliphatic carboxylic acids is 1. The lowest BCUT2D eigenvalue weighted by Crippen LogP contribution is -2.62. The number of amides is 3. The van der Waals surface area contributed by atoms with Gasteiger partial charge in [0, 0.05) is 6.54 Å². The molecule has 1 fully saturated rings. The second-order valence-corrected chi connectivity index (χ2v) is 5.45. The molecular weight excluding hydrogens is 274 g/mol. The van der Waals surface area contributed by atoms with Crippen LogP contribution in [0.1, 0.15) is 51.9 Å². The molecule has 1 saturated carbocycles. The van der Waals surface area contributed by atoms with Crippen LogP contribution >= 0.6 is 0 Å². The largest absolute Gasteiger partial charge is 0.480 e. The summed E-state index contributed by atoms with van der Waals surface area (Å²) in [5, 5.41) is 16.5. The van der Waals surface area contributed by atoms with Gasteiger partial charge < -0.3 is 21.1 Å². The Balaban J connectivity index is 2.62. The number of hydrogen-bond donors (Lipinski definition) is 4. The van der Waals surface area contributed by atoms with E-state index in [1.165, 1.54) is 0 Å². The van der Waals surface area contributed by atoms with Crippen LogP contribution < -0.4 is 16.0 Å². The highest BCUT2D eigenvalue weighted by molar-refractivity contribution is 5.92. The molecule has 1 aliphatic carbocycles. The second-order valence-electron chi connectivity index (χ2n) is 5.45. The maximum Gasteiger partial charge on any atom is 0.322 e. The molecule has 0 atom stereocenters. The van der Waals surface area contributed by atoms with Crippen LogP contribution in [-0.4, -0.2) is 41.6 Å². The lowest BCUT2D eigenvalue weighted by atomic mass is 9.81. The maximum absolute atomic E-state index is 12.3. The fraction of sp³-hybridized carbons (Fsp3) is 0.786. The van der Waals surface area contributed by atoms with Gasteiger partial charge in [-0.1, -0.05) is 32.6 Å². The third-order valence-electron chi connectivity index (χ3n) is 3.71. The summed E-state index contributed by atoms with van der Waals surface area (Å²) < 4.78 is 0. The molecule has 0 aromatic rings. The molecule has 3 amide bonds. The molecule has 0 radical (unpaired) electrons. The van der Waals surface area contributed by atoms with Crippen molar-refractivity contribution in [1.82, 2.24) is 16.0 Å². The van der Waals surface area contributed by atoms with Crippen LogP contribution in [0, 0.1) is 0 Å². The minimum atomic E-state index is -1.10. The first-order valence-electron chi connectivity index (χ1n) is 7.56. The molecule has 4 N–H and O–H groups in total. The quantitative estimate of drug-likeness (QED) is 0.526. The lowest BCUT2D eigenvalue weighted by molar-refractivity contribution is -0.139. The number of rotatable bonds is 7. The first-order chi connectivity index (χ1) is 10.00. The molecular formula is C14H25N3O4. The molecule has 0 bridgehead atoms. The molecule has 7 heteroatoms. The van der Waals surface area contributed by atoms with Crippen LogP contribution in [-0.2, 0) is 9.59 Å². The first kappa shape index (κ1) is 17.3. The van der Waals surface area contributed by atoms with Gasteiger partial charge in [0.1, 0.15) is 12.1 Å². The summed E-state index contributed by atoms with van der Waals surface area (Å²) in [7, 11) is 0. The van der Waals surface area contributed by atoms with E-state index in [-0.39, 0.29) is 6.03 Å². The Hall–Kier alpha value is -1.79. The predicted octanol–water partition coefficient (Wildman–Crippen LogP) is 0.989.